The van der Waals surface area contributed by atoms with Gasteiger partial charge in [-0.1, -0.05) is 55.0 Å². The second-order valence-electron chi connectivity index (χ2n) is 31.2. The van der Waals surface area contributed by atoms with Crippen molar-refractivity contribution in [3.05, 3.63) is 47.6 Å². The van der Waals surface area contributed by atoms with Crippen LogP contribution in [0.4, 0.5) is 0 Å². The molecule has 4 aliphatic rings. The molecule has 4 saturated heterocycles. The Morgan fingerprint density at radius 3 is 1.03 bits per heavy atom. The van der Waals surface area contributed by atoms with E-state index in [1.54, 1.807) is 25.7 Å². The summed E-state index contributed by atoms with van der Waals surface area (Å²) in [6.45, 7) is 13.9. The molecule has 21 atom stereocenters. The number of ketones is 1. The van der Waals surface area contributed by atoms with E-state index in [9.17, 15) is 75.7 Å². The van der Waals surface area contributed by atoms with Gasteiger partial charge in [0.05, 0.1) is 61.3 Å². The molecule has 0 spiro atoms. The molecule has 0 bridgehead atoms. The van der Waals surface area contributed by atoms with Gasteiger partial charge in [-0.2, -0.15) is 0 Å². The molecule has 0 saturated carbocycles. The number of nitrogens with one attached hydrogen (secondary N) is 3. The predicted octanol–water partition coefficient (Wildman–Crippen LogP) is -3.43. The van der Waals surface area contributed by atoms with Crippen LogP contribution in [-0.2, 0) is 109 Å². The molecule has 4 aliphatic heterocycles. The van der Waals surface area contributed by atoms with Gasteiger partial charge >= 0.3 is 0 Å². The second kappa shape index (κ2) is 46.8. The number of unbranched alkanes of at least 4 members (excludes halogenated alkanes) is 9. The van der Waals surface area contributed by atoms with Gasteiger partial charge in [0.25, 0.3) is 0 Å². The highest BCUT2D eigenvalue weighted by Gasteiger charge is 2.49. The Kier molecular flexibility index (Phi) is 38.3. The predicted molar refractivity (Wildman–Crippen MR) is 398 cm³/mol. The van der Waals surface area contributed by atoms with Gasteiger partial charge < -0.3 is 115 Å². The fourth-order valence-corrected chi connectivity index (χ4v) is 14.4. The Morgan fingerprint density at radius 2 is 0.719 bits per heavy atom. The van der Waals surface area contributed by atoms with Crippen molar-refractivity contribution < 1.29 is 118 Å². The Morgan fingerprint density at radius 1 is 0.421 bits per heavy atom. The lowest BCUT2D eigenvalue weighted by atomic mass is 9.84. The molecule has 15 N–H and O–H groups in total. The molecule has 3 amide bonds. The number of ether oxygens (including phenoxy) is 8. The van der Waals surface area contributed by atoms with Crippen LogP contribution in [0.25, 0.3) is 0 Å². The molecule has 4 aromatic heterocycles. The number of hydrogen-bond donors (Lipinski definition) is 15. The van der Waals surface area contributed by atoms with Gasteiger partial charge in [0.2, 0.25) is 17.7 Å². The largest absolute Gasteiger partial charge is 0.394 e. The van der Waals surface area contributed by atoms with Gasteiger partial charge in [0.15, 0.2) is 30.9 Å². The van der Waals surface area contributed by atoms with E-state index >= 15 is 4.79 Å². The molecule has 4 aromatic rings. The zero-order chi connectivity index (χ0) is 82.6. The van der Waals surface area contributed by atoms with Gasteiger partial charge in [-0.05, 0) is 96.4 Å². The lowest BCUT2D eigenvalue weighted by Crippen LogP contribution is -2.64. The van der Waals surface area contributed by atoms with Crippen molar-refractivity contribution in [1.29, 1.82) is 0 Å². The molecule has 1 unspecified atom stereocenters. The van der Waals surface area contributed by atoms with Crippen LogP contribution in [0.15, 0.2) is 24.8 Å². The third-order valence-corrected chi connectivity index (χ3v) is 20.7. The smallest absolute Gasteiger partial charge is 0.217 e. The van der Waals surface area contributed by atoms with Crippen molar-refractivity contribution >= 4 is 23.5 Å². The summed E-state index contributed by atoms with van der Waals surface area (Å²) in [5.41, 5.74) is 1.86. The molecular formula is C73H125N17O24. The van der Waals surface area contributed by atoms with Crippen LogP contribution in [0.2, 0.25) is 0 Å². The maximum Gasteiger partial charge on any atom is 0.217 e. The van der Waals surface area contributed by atoms with Crippen LogP contribution in [0, 0.1) is 11.3 Å². The number of carbonyl (C=O) groups is 4. The van der Waals surface area contributed by atoms with E-state index in [2.05, 4.69) is 67.0 Å². The summed E-state index contributed by atoms with van der Waals surface area (Å²) in [6.07, 6.45) is -1.99. The number of nitrogens with zero attached hydrogens (tertiary/aromatic N) is 14. The van der Waals surface area contributed by atoms with Crippen LogP contribution in [0.5, 0.6) is 0 Å². The highest BCUT2D eigenvalue weighted by atomic mass is 16.7. The van der Waals surface area contributed by atoms with Gasteiger partial charge in [0.1, 0.15) is 85.3 Å². The zero-order valence-corrected chi connectivity index (χ0v) is 66.6. The minimum Gasteiger partial charge on any atom is -0.394 e. The average molecular weight is 1620 g/mol. The summed E-state index contributed by atoms with van der Waals surface area (Å²) in [6, 6.07) is -3.80. The fraction of sp³-hybridized carbons (Fsp3) is 0.836. The molecule has 0 aliphatic carbocycles. The quantitative estimate of drug-likeness (QED) is 0.0191. The number of Topliss-reactive ketones (excluding diaryl/α,β-unsaturated/α-hetero) is 1. The van der Waals surface area contributed by atoms with Crippen molar-refractivity contribution in [3.8, 4) is 0 Å². The summed E-state index contributed by atoms with van der Waals surface area (Å²) in [5, 5.41) is 167. The van der Waals surface area contributed by atoms with E-state index in [-0.39, 0.29) is 38.7 Å². The van der Waals surface area contributed by atoms with Crippen LogP contribution in [0.1, 0.15) is 168 Å². The zero-order valence-electron chi connectivity index (χ0n) is 66.6. The Hall–Kier alpha value is -6.24. The average Bonchev–Trinajstić information content (AvgIpc) is 1.07. The number of aliphatic hydroxyl groups is 12. The minimum absolute atomic E-state index is 0.00579. The summed E-state index contributed by atoms with van der Waals surface area (Å²) in [4.78, 5) is 55.2. The van der Waals surface area contributed by atoms with Crippen molar-refractivity contribution in [2.45, 2.75) is 320 Å². The highest BCUT2D eigenvalue weighted by Crippen LogP contribution is 2.31. The molecule has 41 heteroatoms. The van der Waals surface area contributed by atoms with Gasteiger partial charge in [0, 0.05) is 136 Å². The fourth-order valence-electron chi connectivity index (χ4n) is 14.4. The van der Waals surface area contributed by atoms with Crippen molar-refractivity contribution in [3.63, 3.8) is 0 Å². The third-order valence-electron chi connectivity index (χ3n) is 20.7. The monoisotopic (exact) mass is 1620 g/mol. The molecule has 114 heavy (non-hydrogen) atoms. The Bertz CT molecular complexity index is 3360. The molecule has 646 valence electrons. The Labute approximate surface area is 663 Å². The number of amides is 3. The first-order chi connectivity index (χ1) is 54.6. The number of rotatable bonds is 50. The third kappa shape index (κ3) is 28.2. The maximum atomic E-state index is 15.1. The number of aryl methyl sites for hydroxylation is 4. The lowest BCUT2D eigenvalue weighted by Gasteiger charge is -2.42. The SMILES string of the molecule is CC(=O)N[C@H]1[C@H](OCCCCCn2cc(CN(CCCCC(C(=O)C(C)(C)C)N(Cc3cn(CCCCCO[C@@H]4O[C@H](CO)[C@H](O)[C@H](O)[C@H]4NC(C)=O)nn3)Cc3cn(CCCCCO[C@@H]4O[C@H](CO)[C@H](O)[C@H](O)[C@H]4NC(C)=O)nn3)Cc3cn(CCCCCO[C@@H]4O[C@H](CO)[C@H](O)[C@H](O)[C@H]4C)nn3)nn2)O[C@H](CO)[C@H](O)[C@@H]1O. The van der Waals surface area contributed by atoms with Crippen molar-refractivity contribution in [1.82, 2.24) is 85.7 Å². The first kappa shape index (κ1) is 93.3. The lowest BCUT2D eigenvalue weighted by molar-refractivity contribution is -0.282. The van der Waals surface area contributed by atoms with Crippen LogP contribution < -0.4 is 16.0 Å². The summed E-state index contributed by atoms with van der Waals surface area (Å²) >= 11 is 0. The van der Waals surface area contributed by atoms with E-state index in [1.807, 2.05) is 45.6 Å². The molecule has 0 aromatic carbocycles. The Balaban J connectivity index is 0.919. The number of aliphatic hydroxyl groups excluding tert-OH is 12. The van der Waals surface area contributed by atoms with E-state index in [0.29, 0.717) is 153 Å². The second-order valence-corrected chi connectivity index (χ2v) is 31.2. The van der Waals surface area contributed by atoms with Crippen LogP contribution in [-0.4, -0.2) is 337 Å². The molecule has 0 radical (unpaired) electrons. The minimum atomic E-state index is -1.44. The number of hydrogen-bond acceptors (Lipinski definition) is 34. The highest BCUT2D eigenvalue weighted by molar-refractivity contribution is 5.88. The van der Waals surface area contributed by atoms with Gasteiger partial charge in [-0.15, -0.1) is 20.4 Å². The van der Waals surface area contributed by atoms with Crippen molar-refractivity contribution in [2.75, 3.05) is 59.4 Å². The topological polar surface area (TPSA) is 550 Å². The summed E-state index contributed by atoms with van der Waals surface area (Å²) < 4.78 is 53.6. The standard InChI is InChI=1S/C73H125N17O24/c1-44-60(98)61(99)53(40-91)111-69(44)107-28-18-8-13-24-87-36-48(77-81-87)32-85(33-49-37-88(82-78-49)25-14-9-19-29-108-70-57(74-45(2)95)65(103)62(100)54(41-92)112-70)23-17-12-22-52(68(106)73(5,6)7)86(34-50-38-89(83-79-50)26-15-10-20-30-109-71-58(75-46(3)96)66(104)63(101)55(42-93)113-71)35-51-39-90(84-80-51)27-16-11-21-31-110-72-59(76-47(4)97)67(105)64(102)56(43-94)114-72/h36-39,44,52-67,69-72,91-94,98-105H,8-35,40-43H2,1-7H3,(H,74,95)(H,75,96)(H,76,97)/t44-,52?,53-,54-,55-,56-,57-,58-,59-,60-,61+,62+,63+,64+,65-,66-,67-,69-,70-,71-,72-/m1/s1. The molecule has 8 heterocycles. The number of carbonyl (C=O) groups excluding carboxylic acids is 4. The normalized spacial score (nSPS) is 28.5. The van der Waals surface area contributed by atoms with Gasteiger partial charge in [-0.3, -0.25) is 47.7 Å². The van der Waals surface area contributed by atoms with Crippen molar-refractivity contribution in [2.24, 2.45) is 11.3 Å². The van der Waals surface area contributed by atoms with E-state index < -0.39 is 178 Å². The molecule has 4 fully saturated rings. The number of aromatic nitrogens is 12. The van der Waals surface area contributed by atoms with Crippen LogP contribution >= 0.6 is 0 Å². The van der Waals surface area contributed by atoms with Gasteiger partial charge in [-0.25, -0.2) is 0 Å². The molecular weight excluding hydrogens is 1500 g/mol. The molecule has 41 nitrogen and oxygen atoms in total. The summed E-state index contributed by atoms with van der Waals surface area (Å²) in [5.74, 6) is -1.85. The summed E-state index contributed by atoms with van der Waals surface area (Å²) in [7, 11) is 0. The van der Waals surface area contributed by atoms with E-state index in [4.69, 9.17) is 37.9 Å². The van der Waals surface area contributed by atoms with E-state index in [0.717, 1.165) is 18.5 Å². The first-order valence-electron chi connectivity index (χ1n) is 39.9. The van der Waals surface area contributed by atoms with E-state index in [1.165, 1.54) is 20.8 Å². The maximum absolute atomic E-state index is 15.1. The molecule has 8 rings (SSSR count). The van der Waals surface area contributed by atoms with Crippen LogP contribution in [0.3, 0.4) is 0 Å². The first-order valence-corrected chi connectivity index (χ1v) is 39.9.